The molecule has 92 valence electrons. The minimum absolute atomic E-state index is 0.0404. The smallest absolute Gasteiger partial charge is 0.237 e. The number of rotatable bonds is 3. The zero-order chi connectivity index (χ0) is 12.3. The second kappa shape index (κ2) is 5.71. The van der Waals surface area contributed by atoms with Gasteiger partial charge in [0.05, 0.1) is 6.04 Å². The molecule has 1 heterocycles. The summed E-state index contributed by atoms with van der Waals surface area (Å²) in [6.45, 7) is 1.37. The first kappa shape index (κ1) is 12.7. The highest BCUT2D eigenvalue weighted by Crippen LogP contribution is 2.19. The van der Waals surface area contributed by atoms with E-state index in [1.165, 1.54) is 0 Å². The summed E-state index contributed by atoms with van der Waals surface area (Å²) in [5.74, 6) is 0.0404. The van der Waals surface area contributed by atoms with E-state index in [1.807, 2.05) is 0 Å². The number of carbonyl (C=O) groups is 1. The number of amides is 1. The van der Waals surface area contributed by atoms with E-state index in [2.05, 4.69) is 10.6 Å². The van der Waals surface area contributed by atoms with Crippen LogP contribution in [0.1, 0.15) is 18.4 Å². The maximum absolute atomic E-state index is 11.7. The molecule has 2 N–H and O–H groups in total. The molecule has 5 heteroatoms. The molecule has 1 aromatic rings. The van der Waals surface area contributed by atoms with Gasteiger partial charge in [-0.2, -0.15) is 0 Å². The third-order valence-electron chi connectivity index (χ3n) is 2.77. The van der Waals surface area contributed by atoms with Crippen molar-refractivity contribution in [1.82, 2.24) is 10.6 Å². The lowest BCUT2D eigenvalue weighted by Crippen LogP contribution is -2.39. The third-order valence-corrected chi connectivity index (χ3v) is 3.20. The number of benzene rings is 1. The van der Waals surface area contributed by atoms with Crippen LogP contribution in [0.5, 0.6) is 0 Å². The van der Waals surface area contributed by atoms with Crippen LogP contribution in [0.25, 0.3) is 0 Å². The van der Waals surface area contributed by atoms with Crippen molar-refractivity contribution < 1.29 is 4.79 Å². The van der Waals surface area contributed by atoms with Crippen LogP contribution < -0.4 is 10.6 Å². The Kier molecular flexibility index (Phi) is 4.26. The Morgan fingerprint density at radius 3 is 2.65 bits per heavy atom. The molecular formula is C12H14Cl2N2O. The SMILES string of the molecule is O=C(NCc1cc(Cl)cc(Cl)c1)C1CCCN1. The Balaban J connectivity index is 1.90. The third kappa shape index (κ3) is 3.60. The second-order valence-electron chi connectivity index (χ2n) is 4.14. The summed E-state index contributed by atoms with van der Waals surface area (Å²) in [5, 5.41) is 7.20. The van der Waals surface area contributed by atoms with Crippen LogP contribution in [0.15, 0.2) is 18.2 Å². The first-order valence-corrected chi connectivity index (χ1v) is 6.37. The normalized spacial score (nSPS) is 19.3. The van der Waals surface area contributed by atoms with Gasteiger partial charge in [-0.3, -0.25) is 4.79 Å². The van der Waals surface area contributed by atoms with Crippen molar-refractivity contribution in [3.63, 3.8) is 0 Å². The van der Waals surface area contributed by atoms with Crippen molar-refractivity contribution in [3.05, 3.63) is 33.8 Å². The van der Waals surface area contributed by atoms with Gasteiger partial charge in [0.1, 0.15) is 0 Å². The lowest BCUT2D eigenvalue weighted by atomic mass is 10.2. The van der Waals surface area contributed by atoms with Gasteiger partial charge < -0.3 is 10.6 Å². The molecule has 0 radical (unpaired) electrons. The van der Waals surface area contributed by atoms with E-state index in [9.17, 15) is 4.79 Å². The molecule has 2 rings (SSSR count). The quantitative estimate of drug-likeness (QED) is 0.887. The summed E-state index contributed by atoms with van der Waals surface area (Å²) in [4.78, 5) is 11.7. The van der Waals surface area contributed by atoms with E-state index < -0.39 is 0 Å². The first-order valence-electron chi connectivity index (χ1n) is 5.61. The summed E-state index contributed by atoms with van der Waals surface area (Å²) in [6.07, 6.45) is 1.96. The standard InChI is InChI=1S/C12H14Cl2N2O/c13-9-4-8(5-10(14)6-9)7-16-12(17)11-2-1-3-15-11/h4-6,11,15H,1-3,7H2,(H,16,17). The fourth-order valence-corrected chi connectivity index (χ4v) is 2.50. The van der Waals surface area contributed by atoms with Gasteiger partial charge in [-0.05, 0) is 43.1 Å². The Bertz CT molecular complexity index is 397. The lowest BCUT2D eigenvalue weighted by Gasteiger charge is -2.11. The first-order chi connectivity index (χ1) is 8.15. The molecule has 0 aliphatic carbocycles. The number of nitrogens with one attached hydrogen (secondary N) is 2. The number of carbonyl (C=O) groups excluding carboxylic acids is 1. The number of halogens is 2. The van der Waals surface area contributed by atoms with Crippen molar-refractivity contribution in [2.24, 2.45) is 0 Å². The van der Waals surface area contributed by atoms with Crippen molar-refractivity contribution in [2.75, 3.05) is 6.54 Å². The topological polar surface area (TPSA) is 41.1 Å². The molecule has 1 aromatic carbocycles. The minimum atomic E-state index is -0.0512. The van der Waals surface area contributed by atoms with Crippen LogP contribution >= 0.6 is 23.2 Å². The molecule has 0 saturated carbocycles. The fraction of sp³-hybridized carbons (Fsp3) is 0.417. The van der Waals surface area contributed by atoms with E-state index in [0.717, 1.165) is 24.9 Å². The Morgan fingerprint density at radius 1 is 1.35 bits per heavy atom. The summed E-state index contributed by atoms with van der Waals surface area (Å²) >= 11 is 11.8. The maximum atomic E-state index is 11.7. The zero-order valence-corrected chi connectivity index (χ0v) is 10.8. The molecule has 0 aromatic heterocycles. The Morgan fingerprint density at radius 2 is 2.06 bits per heavy atom. The van der Waals surface area contributed by atoms with E-state index >= 15 is 0 Å². The molecule has 1 atom stereocenters. The monoisotopic (exact) mass is 272 g/mol. The van der Waals surface area contributed by atoms with Gasteiger partial charge in [-0.15, -0.1) is 0 Å². The predicted molar refractivity (Wildman–Crippen MR) is 69.3 cm³/mol. The summed E-state index contributed by atoms with van der Waals surface area (Å²) in [6, 6.07) is 5.23. The average molecular weight is 273 g/mol. The van der Waals surface area contributed by atoms with Gasteiger partial charge in [0.15, 0.2) is 0 Å². The predicted octanol–water partition coefficient (Wildman–Crippen LogP) is 2.36. The minimum Gasteiger partial charge on any atom is -0.351 e. The molecule has 1 aliphatic rings. The largest absolute Gasteiger partial charge is 0.351 e. The van der Waals surface area contributed by atoms with E-state index in [1.54, 1.807) is 18.2 Å². The average Bonchev–Trinajstić information content (AvgIpc) is 2.78. The van der Waals surface area contributed by atoms with Crippen molar-refractivity contribution in [1.29, 1.82) is 0 Å². The molecule has 1 aliphatic heterocycles. The van der Waals surface area contributed by atoms with E-state index in [4.69, 9.17) is 23.2 Å². The van der Waals surface area contributed by atoms with Crippen LogP contribution in [0.3, 0.4) is 0 Å². The molecule has 1 fully saturated rings. The summed E-state index contributed by atoms with van der Waals surface area (Å²) in [7, 11) is 0. The van der Waals surface area contributed by atoms with Crippen LogP contribution in [0.2, 0.25) is 10.0 Å². The molecule has 17 heavy (non-hydrogen) atoms. The zero-order valence-electron chi connectivity index (χ0n) is 9.30. The van der Waals surface area contributed by atoms with Gasteiger partial charge >= 0.3 is 0 Å². The lowest BCUT2D eigenvalue weighted by molar-refractivity contribution is -0.122. The van der Waals surface area contributed by atoms with E-state index in [-0.39, 0.29) is 11.9 Å². The van der Waals surface area contributed by atoms with Crippen molar-refractivity contribution >= 4 is 29.1 Å². The van der Waals surface area contributed by atoms with Gasteiger partial charge in [0.2, 0.25) is 5.91 Å². The van der Waals surface area contributed by atoms with Crippen molar-refractivity contribution in [3.8, 4) is 0 Å². The second-order valence-corrected chi connectivity index (χ2v) is 5.02. The highest BCUT2D eigenvalue weighted by molar-refractivity contribution is 6.34. The van der Waals surface area contributed by atoms with Gasteiger partial charge in [0.25, 0.3) is 0 Å². The van der Waals surface area contributed by atoms with Crippen LogP contribution in [-0.2, 0) is 11.3 Å². The highest BCUT2D eigenvalue weighted by Gasteiger charge is 2.21. The van der Waals surface area contributed by atoms with Gasteiger partial charge in [0, 0.05) is 16.6 Å². The Hall–Kier alpha value is -0.770. The summed E-state index contributed by atoms with van der Waals surface area (Å²) < 4.78 is 0. The van der Waals surface area contributed by atoms with E-state index in [0.29, 0.717) is 16.6 Å². The fourth-order valence-electron chi connectivity index (χ4n) is 1.93. The van der Waals surface area contributed by atoms with Gasteiger partial charge in [-0.1, -0.05) is 23.2 Å². The summed E-state index contributed by atoms with van der Waals surface area (Å²) in [5.41, 5.74) is 0.911. The van der Waals surface area contributed by atoms with Gasteiger partial charge in [-0.25, -0.2) is 0 Å². The van der Waals surface area contributed by atoms with Crippen LogP contribution in [-0.4, -0.2) is 18.5 Å². The molecule has 0 bridgehead atoms. The molecular weight excluding hydrogens is 259 g/mol. The Labute approximate surface area is 110 Å². The molecule has 1 saturated heterocycles. The molecule has 0 spiro atoms. The highest BCUT2D eigenvalue weighted by atomic mass is 35.5. The molecule has 1 unspecified atom stereocenters. The maximum Gasteiger partial charge on any atom is 0.237 e. The van der Waals surface area contributed by atoms with Crippen LogP contribution in [0, 0.1) is 0 Å². The molecule has 3 nitrogen and oxygen atoms in total. The number of hydrogen-bond donors (Lipinski definition) is 2. The number of hydrogen-bond acceptors (Lipinski definition) is 2. The van der Waals surface area contributed by atoms with Crippen molar-refractivity contribution in [2.45, 2.75) is 25.4 Å². The molecule has 1 amide bonds. The van der Waals surface area contributed by atoms with Crippen LogP contribution in [0.4, 0.5) is 0 Å².